The molecule has 0 saturated carbocycles. The Hall–Kier alpha value is -0.730. The van der Waals surface area contributed by atoms with Crippen molar-refractivity contribution in [2.24, 2.45) is 0 Å². The van der Waals surface area contributed by atoms with Crippen LogP contribution in [0.1, 0.15) is 51.9 Å². The van der Waals surface area contributed by atoms with Gasteiger partial charge in [0.15, 0.2) is 6.29 Å². The fourth-order valence-corrected chi connectivity index (χ4v) is 2.47. The monoisotopic (exact) mass is 319 g/mol. The molecule has 1 aliphatic rings. The number of unbranched alkanes of at least 4 members (excludes halogenated alkanes) is 4. The van der Waals surface area contributed by atoms with Gasteiger partial charge in [-0.05, 0) is 6.42 Å². The number of aliphatic hydroxyl groups excluding tert-OH is 3. The van der Waals surface area contributed by atoms with Crippen LogP contribution in [0.15, 0.2) is 0 Å². The van der Waals surface area contributed by atoms with Gasteiger partial charge < -0.3 is 34.7 Å². The first-order valence-electron chi connectivity index (χ1n) is 7.96. The van der Waals surface area contributed by atoms with E-state index in [1.54, 1.807) is 0 Å². The highest BCUT2D eigenvalue weighted by atomic mass is 16.7. The number of rotatable bonds is 10. The Labute approximate surface area is 130 Å². The first-order chi connectivity index (χ1) is 10.5. The normalized spacial score (nSPS) is 30.2. The van der Waals surface area contributed by atoms with Crippen LogP contribution in [0.3, 0.4) is 0 Å². The number of aliphatic carboxylic acids is 1. The van der Waals surface area contributed by atoms with Crippen molar-refractivity contribution >= 4 is 5.97 Å². The lowest BCUT2D eigenvalue weighted by Gasteiger charge is -2.36. The topological polar surface area (TPSA) is 119 Å². The maximum absolute atomic E-state index is 10.8. The molecule has 3 N–H and O–H groups in total. The van der Waals surface area contributed by atoms with Crippen LogP contribution in [-0.2, 0) is 14.3 Å². The van der Waals surface area contributed by atoms with Crippen molar-refractivity contribution in [3.05, 3.63) is 0 Å². The average Bonchev–Trinajstić information content (AvgIpc) is 2.47. The standard InChI is InChI=1S/C15H28O7/c1-2-3-4-5-6-7-10(8-12(17)18)22-15-14(20)13(19)11(16)9-21-15/h10-11,13-16,19-20H,2-9H2,1H3,(H,17,18)/p-1. The number of hydrogen-bond acceptors (Lipinski definition) is 7. The van der Waals surface area contributed by atoms with E-state index >= 15 is 0 Å². The summed E-state index contributed by atoms with van der Waals surface area (Å²) in [6.07, 6.45) is -0.371. The Morgan fingerprint density at radius 1 is 1.23 bits per heavy atom. The molecule has 0 aromatic rings. The van der Waals surface area contributed by atoms with Gasteiger partial charge in [0.25, 0.3) is 0 Å². The van der Waals surface area contributed by atoms with Crippen LogP contribution in [0.4, 0.5) is 0 Å². The molecular weight excluding hydrogens is 292 g/mol. The molecule has 0 amide bonds. The van der Waals surface area contributed by atoms with E-state index in [0.29, 0.717) is 6.42 Å². The van der Waals surface area contributed by atoms with E-state index in [1.165, 1.54) is 0 Å². The predicted octanol–water partition coefficient (Wildman–Crippen LogP) is -0.689. The molecule has 1 saturated heterocycles. The van der Waals surface area contributed by atoms with Crippen molar-refractivity contribution in [3.63, 3.8) is 0 Å². The lowest BCUT2D eigenvalue weighted by atomic mass is 10.0. The summed E-state index contributed by atoms with van der Waals surface area (Å²) in [5.74, 6) is -1.23. The van der Waals surface area contributed by atoms with E-state index in [1.807, 2.05) is 0 Å². The molecule has 1 heterocycles. The summed E-state index contributed by atoms with van der Waals surface area (Å²) in [4.78, 5) is 10.8. The molecule has 130 valence electrons. The number of hydrogen-bond donors (Lipinski definition) is 3. The minimum atomic E-state index is -1.41. The van der Waals surface area contributed by atoms with Crippen LogP contribution < -0.4 is 5.11 Å². The molecule has 7 nitrogen and oxygen atoms in total. The number of carbonyl (C=O) groups excluding carboxylic acids is 1. The molecule has 22 heavy (non-hydrogen) atoms. The number of aliphatic hydroxyl groups is 3. The van der Waals surface area contributed by atoms with E-state index < -0.39 is 36.7 Å². The number of carbonyl (C=O) groups is 1. The average molecular weight is 319 g/mol. The van der Waals surface area contributed by atoms with Crippen molar-refractivity contribution < 1.29 is 34.7 Å². The van der Waals surface area contributed by atoms with Crippen molar-refractivity contribution in [1.29, 1.82) is 0 Å². The Morgan fingerprint density at radius 3 is 2.55 bits per heavy atom. The van der Waals surface area contributed by atoms with Gasteiger partial charge in [-0.1, -0.05) is 39.0 Å². The third-order valence-corrected chi connectivity index (χ3v) is 3.80. The summed E-state index contributed by atoms with van der Waals surface area (Å²) in [6.45, 7) is 1.95. The zero-order valence-corrected chi connectivity index (χ0v) is 13.0. The van der Waals surface area contributed by atoms with E-state index in [2.05, 4.69) is 6.92 Å². The minimum Gasteiger partial charge on any atom is -0.550 e. The maximum atomic E-state index is 10.8. The van der Waals surface area contributed by atoms with Crippen LogP contribution in [-0.4, -0.2) is 58.6 Å². The summed E-state index contributed by atoms with van der Waals surface area (Å²) in [6, 6.07) is 0. The summed E-state index contributed by atoms with van der Waals surface area (Å²) >= 11 is 0. The SMILES string of the molecule is CCCCCCCC(CC(=O)[O-])OC1OCC(O)C(O)C1O. The van der Waals surface area contributed by atoms with Crippen molar-refractivity contribution in [2.45, 2.75) is 82.6 Å². The molecule has 5 atom stereocenters. The fraction of sp³-hybridized carbons (Fsp3) is 0.933. The largest absolute Gasteiger partial charge is 0.550 e. The molecule has 0 aromatic heterocycles. The highest BCUT2D eigenvalue weighted by Crippen LogP contribution is 2.21. The van der Waals surface area contributed by atoms with Gasteiger partial charge in [0.1, 0.15) is 18.3 Å². The maximum Gasteiger partial charge on any atom is 0.186 e. The molecule has 1 fully saturated rings. The molecule has 7 heteroatoms. The van der Waals surface area contributed by atoms with Crippen molar-refractivity contribution in [3.8, 4) is 0 Å². The Balaban J connectivity index is 2.44. The molecule has 0 radical (unpaired) electrons. The third kappa shape index (κ3) is 6.58. The van der Waals surface area contributed by atoms with Gasteiger partial charge in [-0.3, -0.25) is 0 Å². The van der Waals surface area contributed by atoms with E-state index in [4.69, 9.17) is 9.47 Å². The minimum absolute atomic E-state index is 0.169. The van der Waals surface area contributed by atoms with Gasteiger partial charge in [0.2, 0.25) is 0 Å². The quantitative estimate of drug-likeness (QED) is 0.456. The first kappa shape index (κ1) is 19.3. The van der Waals surface area contributed by atoms with Gasteiger partial charge in [-0.2, -0.15) is 0 Å². The third-order valence-electron chi connectivity index (χ3n) is 3.80. The highest BCUT2D eigenvalue weighted by molar-refractivity contribution is 5.64. The van der Waals surface area contributed by atoms with Gasteiger partial charge >= 0.3 is 0 Å². The van der Waals surface area contributed by atoms with Gasteiger partial charge in [0, 0.05) is 12.4 Å². The van der Waals surface area contributed by atoms with Crippen LogP contribution in [0.5, 0.6) is 0 Å². The second kappa shape index (κ2) is 10.1. The second-order valence-corrected chi connectivity index (χ2v) is 5.79. The lowest BCUT2D eigenvalue weighted by molar-refractivity contribution is -0.314. The Morgan fingerprint density at radius 2 is 1.91 bits per heavy atom. The van der Waals surface area contributed by atoms with Crippen LogP contribution in [0.2, 0.25) is 0 Å². The van der Waals surface area contributed by atoms with Crippen LogP contribution >= 0.6 is 0 Å². The summed E-state index contributed by atoms with van der Waals surface area (Å²) in [7, 11) is 0. The second-order valence-electron chi connectivity index (χ2n) is 5.79. The van der Waals surface area contributed by atoms with Gasteiger partial charge in [-0.25, -0.2) is 0 Å². The molecule has 1 aliphatic heterocycles. The predicted molar refractivity (Wildman–Crippen MR) is 75.6 cm³/mol. The van der Waals surface area contributed by atoms with Crippen LogP contribution in [0.25, 0.3) is 0 Å². The van der Waals surface area contributed by atoms with Gasteiger partial charge in [-0.15, -0.1) is 0 Å². The van der Waals surface area contributed by atoms with E-state index in [-0.39, 0.29) is 13.0 Å². The summed E-state index contributed by atoms with van der Waals surface area (Å²) in [5.41, 5.74) is 0. The molecule has 0 aliphatic carbocycles. The Bertz CT molecular complexity index is 323. The molecule has 1 rings (SSSR count). The van der Waals surface area contributed by atoms with Crippen LogP contribution in [0, 0.1) is 0 Å². The highest BCUT2D eigenvalue weighted by Gasteiger charge is 2.39. The van der Waals surface area contributed by atoms with E-state index in [9.17, 15) is 25.2 Å². The molecular formula is C15H27O7-. The van der Waals surface area contributed by atoms with Crippen molar-refractivity contribution in [2.75, 3.05) is 6.61 Å². The lowest BCUT2D eigenvalue weighted by Crippen LogP contribution is -2.54. The molecule has 5 unspecified atom stereocenters. The molecule has 0 spiro atoms. The number of ether oxygens (including phenoxy) is 2. The molecule has 0 bridgehead atoms. The first-order valence-corrected chi connectivity index (χ1v) is 7.96. The smallest absolute Gasteiger partial charge is 0.186 e. The zero-order valence-electron chi connectivity index (χ0n) is 13.0. The Kier molecular flexibility index (Phi) is 8.89. The van der Waals surface area contributed by atoms with E-state index in [0.717, 1.165) is 32.1 Å². The van der Waals surface area contributed by atoms with Gasteiger partial charge in [0.05, 0.1) is 12.7 Å². The fourth-order valence-electron chi connectivity index (χ4n) is 2.47. The zero-order chi connectivity index (χ0) is 16.5. The molecule has 0 aromatic carbocycles. The summed E-state index contributed by atoms with van der Waals surface area (Å²) in [5, 5.41) is 39.6. The summed E-state index contributed by atoms with van der Waals surface area (Å²) < 4.78 is 10.6. The van der Waals surface area contributed by atoms with Crippen molar-refractivity contribution in [1.82, 2.24) is 0 Å². The number of carboxylic acids is 1. The number of carboxylic acid groups (broad SMARTS) is 1.